The van der Waals surface area contributed by atoms with Gasteiger partial charge in [-0.15, -0.1) is 0 Å². The second-order valence-electron chi connectivity index (χ2n) is 4.06. The molecule has 7 nitrogen and oxygen atoms in total. The molecule has 0 unspecified atom stereocenters. The number of nitriles is 1. The van der Waals surface area contributed by atoms with E-state index in [1.54, 1.807) is 25.5 Å². The van der Waals surface area contributed by atoms with Crippen molar-refractivity contribution in [3.63, 3.8) is 0 Å². The second-order valence-corrected chi connectivity index (χ2v) is 4.06. The highest BCUT2D eigenvalue weighted by Crippen LogP contribution is 2.23. The lowest BCUT2D eigenvalue weighted by Gasteiger charge is -2.08. The van der Waals surface area contributed by atoms with Gasteiger partial charge in [-0.2, -0.15) is 15.2 Å². The molecule has 20 heavy (non-hydrogen) atoms. The minimum absolute atomic E-state index is 0.475. The van der Waals surface area contributed by atoms with Crippen molar-refractivity contribution in [2.24, 2.45) is 0 Å². The zero-order valence-electron chi connectivity index (χ0n) is 10.7. The molecule has 0 saturated heterocycles. The van der Waals surface area contributed by atoms with Crippen molar-refractivity contribution < 1.29 is 0 Å². The monoisotopic (exact) mass is 265 g/mol. The van der Waals surface area contributed by atoms with Crippen LogP contribution in [0.3, 0.4) is 0 Å². The minimum Gasteiger partial charge on any atom is -0.357 e. The van der Waals surface area contributed by atoms with Gasteiger partial charge in [0.25, 0.3) is 0 Å². The van der Waals surface area contributed by atoms with Crippen LogP contribution in [0.5, 0.6) is 0 Å². The Balaban J connectivity index is 2.05. The van der Waals surface area contributed by atoms with Gasteiger partial charge in [0.2, 0.25) is 5.95 Å². The summed E-state index contributed by atoms with van der Waals surface area (Å²) in [5, 5.41) is 15.0. The number of nitrogens with zero attached hydrogens (tertiary/aromatic N) is 4. The van der Waals surface area contributed by atoms with E-state index in [4.69, 9.17) is 5.26 Å². The van der Waals surface area contributed by atoms with E-state index < -0.39 is 0 Å². The fraction of sp³-hybridized carbons (Fsp3) is 0.0769. The average molecular weight is 265 g/mol. The van der Waals surface area contributed by atoms with E-state index in [9.17, 15) is 0 Å². The molecular weight excluding hydrogens is 254 g/mol. The first-order valence-corrected chi connectivity index (χ1v) is 5.96. The Hall–Kier alpha value is -3.14. The lowest BCUT2D eigenvalue weighted by molar-refractivity contribution is 1.18. The van der Waals surface area contributed by atoms with Crippen LogP contribution < -0.4 is 10.6 Å². The van der Waals surface area contributed by atoms with Crippen molar-refractivity contribution in [3.05, 3.63) is 36.2 Å². The number of rotatable bonds is 3. The molecule has 0 bridgehead atoms. The summed E-state index contributed by atoms with van der Waals surface area (Å²) in [6.45, 7) is 0. The van der Waals surface area contributed by atoms with Crippen molar-refractivity contribution in [2.45, 2.75) is 0 Å². The largest absolute Gasteiger partial charge is 0.357 e. The third-order valence-electron chi connectivity index (χ3n) is 2.76. The zero-order chi connectivity index (χ0) is 13.9. The van der Waals surface area contributed by atoms with Crippen molar-refractivity contribution in [2.75, 3.05) is 17.7 Å². The van der Waals surface area contributed by atoms with Gasteiger partial charge in [0.1, 0.15) is 5.52 Å². The number of H-pyrrole nitrogens is 1. The van der Waals surface area contributed by atoms with E-state index in [1.165, 1.54) is 0 Å². The Morgan fingerprint density at radius 2 is 2.20 bits per heavy atom. The molecule has 3 aromatic rings. The van der Waals surface area contributed by atoms with Gasteiger partial charge in [0.05, 0.1) is 18.0 Å². The summed E-state index contributed by atoms with van der Waals surface area (Å²) in [6.07, 6.45) is 1.57. The van der Waals surface area contributed by atoms with Gasteiger partial charge in [-0.25, -0.2) is 4.98 Å². The van der Waals surface area contributed by atoms with E-state index in [0.29, 0.717) is 28.5 Å². The fourth-order valence-corrected chi connectivity index (χ4v) is 1.84. The zero-order valence-corrected chi connectivity index (χ0v) is 10.7. The molecule has 3 rings (SSSR count). The van der Waals surface area contributed by atoms with Gasteiger partial charge >= 0.3 is 0 Å². The van der Waals surface area contributed by atoms with Gasteiger partial charge < -0.3 is 15.6 Å². The molecule has 0 spiro atoms. The summed E-state index contributed by atoms with van der Waals surface area (Å²) in [4.78, 5) is 15.7. The Morgan fingerprint density at radius 3 is 3.00 bits per heavy atom. The van der Waals surface area contributed by atoms with Crippen molar-refractivity contribution in [1.82, 2.24) is 19.9 Å². The van der Waals surface area contributed by atoms with E-state index in [-0.39, 0.29) is 0 Å². The molecule has 0 aliphatic carbocycles. The number of aromatic nitrogens is 4. The van der Waals surface area contributed by atoms with Crippen LogP contribution in [-0.4, -0.2) is 27.0 Å². The molecule has 0 saturated carbocycles. The predicted octanol–water partition coefficient (Wildman–Crippen LogP) is 2.01. The number of anilines is 3. The summed E-state index contributed by atoms with van der Waals surface area (Å²) in [6, 6.07) is 9.28. The van der Waals surface area contributed by atoms with Crippen LogP contribution in [0.25, 0.3) is 11.2 Å². The standard InChI is InChI=1S/C13H11N7/c1-15-13-19-11-10(16-7-17-11)12(20-13)18-9-4-2-3-8(5-9)6-14/h2-5,7H,1H3,(H3,15,16,17,18,19,20). The summed E-state index contributed by atoms with van der Waals surface area (Å²) in [5.74, 6) is 1.08. The van der Waals surface area contributed by atoms with Crippen molar-refractivity contribution >= 4 is 28.6 Å². The van der Waals surface area contributed by atoms with Crippen LogP contribution in [-0.2, 0) is 0 Å². The highest BCUT2D eigenvalue weighted by atomic mass is 15.2. The number of fused-ring (bicyclic) bond motifs is 1. The molecule has 0 aliphatic rings. The quantitative estimate of drug-likeness (QED) is 0.669. The maximum Gasteiger partial charge on any atom is 0.226 e. The first kappa shape index (κ1) is 11.9. The third kappa shape index (κ3) is 2.10. The smallest absolute Gasteiger partial charge is 0.226 e. The molecular formula is C13H11N7. The number of benzene rings is 1. The number of nitrogens with one attached hydrogen (secondary N) is 3. The van der Waals surface area contributed by atoms with E-state index >= 15 is 0 Å². The van der Waals surface area contributed by atoms with Gasteiger partial charge in [-0.05, 0) is 18.2 Å². The summed E-state index contributed by atoms with van der Waals surface area (Å²) < 4.78 is 0. The molecule has 2 heterocycles. The molecule has 0 atom stereocenters. The van der Waals surface area contributed by atoms with Crippen LogP contribution >= 0.6 is 0 Å². The third-order valence-corrected chi connectivity index (χ3v) is 2.76. The minimum atomic E-state index is 0.475. The summed E-state index contributed by atoms with van der Waals surface area (Å²) >= 11 is 0. The van der Waals surface area contributed by atoms with Gasteiger partial charge in [0.15, 0.2) is 11.5 Å². The average Bonchev–Trinajstić information content (AvgIpc) is 2.96. The topological polar surface area (TPSA) is 102 Å². The van der Waals surface area contributed by atoms with E-state index in [2.05, 4.69) is 36.6 Å². The number of hydrogen-bond donors (Lipinski definition) is 3. The molecule has 2 aromatic heterocycles. The van der Waals surface area contributed by atoms with Gasteiger partial charge in [-0.3, -0.25) is 0 Å². The van der Waals surface area contributed by atoms with E-state index in [1.807, 2.05) is 12.1 Å². The maximum absolute atomic E-state index is 8.92. The van der Waals surface area contributed by atoms with Crippen LogP contribution in [0, 0.1) is 11.3 Å². The number of aromatic amines is 1. The second kappa shape index (κ2) is 4.85. The highest BCUT2D eigenvalue weighted by Gasteiger charge is 2.09. The molecule has 0 radical (unpaired) electrons. The van der Waals surface area contributed by atoms with Gasteiger partial charge in [0, 0.05) is 12.7 Å². The van der Waals surface area contributed by atoms with Crippen LogP contribution in [0.15, 0.2) is 30.6 Å². The molecule has 3 N–H and O–H groups in total. The molecule has 0 amide bonds. The Labute approximate surface area is 114 Å². The Kier molecular flexibility index (Phi) is 2.89. The Bertz CT molecular complexity index is 800. The molecule has 0 fully saturated rings. The van der Waals surface area contributed by atoms with Crippen molar-refractivity contribution in [1.29, 1.82) is 5.26 Å². The first-order chi connectivity index (χ1) is 9.80. The summed E-state index contributed by atoms with van der Waals surface area (Å²) in [5.41, 5.74) is 2.65. The Morgan fingerprint density at radius 1 is 1.30 bits per heavy atom. The number of imidazole rings is 1. The first-order valence-electron chi connectivity index (χ1n) is 5.96. The molecule has 98 valence electrons. The normalized spacial score (nSPS) is 10.2. The number of hydrogen-bond acceptors (Lipinski definition) is 6. The highest BCUT2D eigenvalue weighted by molar-refractivity contribution is 5.86. The van der Waals surface area contributed by atoms with Crippen LogP contribution in [0.1, 0.15) is 5.56 Å². The van der Waals surface area contributed by atoms with Crippen LogP contribution in [0.4, 0.5) is 17.5 Å². The fourth-order valence-electron chi connectivity index (χ4n) is 1.84. The molecule has 0 aliphatic heterocycles. The maximum atomic E-state index is 8.92. The predicted molar refractivity (Wildman–Crippen MR) is 75.7 cm³/mol. The SMILES string of the molecule is CNc1nc(Nc2cccc(C#N)c2)c2[nH]cnc2n1. The van der Waals surface area contributed by atoms with E-state index in [0.717, 1.165) is 5.69 Å². The molecule has 7 heteroatoms. The molecule has 1 aromatic carbocycles. The van der Waals surface area contributed by atoms with Gasteiger partial charge in [-0.1, -0.05) is 6.07 Å². The van der Waals surface area contributed by atoms with Crippen molar-refractivity contribution in [3.8, 4) is 6.07 Å². The lowest BCUT2D eigenvalue weighted by atomic mass is 10.2. The lowest BCUT2D eigenvalue weighted by Crippen LogP contribution is -2.02. The summed E-state index contributed by atoms with van der Waals surface area (Å²) in [7, 11) is 1.74. The van der Waals surface area contributed by atoms with Crippen LogP contribution in [0.2, 0.25) is 0 Å².